The van der Waals surface area contributed by atoms with Crippen LogP contribution >= 0.6 is 11.3 Å². The number of nitrogens with one attached hydrogen (secondary N) is 1. The van der Waals surface area contributed by atoms with E-state index in [0.717, 1.165) is 28.1 Å². The zero-order valence-corrected chi connectivity index (χ0v) is 19.3. The predicted octanol–water partition coefficient (Wildman–Crippen LogP) is 4.73. The molecule has 6 nitrogen and oxygen atoms in total. The van der Waals surface area contributed by atoms with Crippen LogP contribution < -0.4 is 9.73 Å². The number of alkyl halides is 3. The Morgan fingerprint density at radius 3 is 2.42 bits per heavy atom. The van der Waals surface area contributed by atoms with E-state index >= 15 is 0 Å². The first kappa shape index (κ1) is 24.5. The van der Waals surface area contributed by atoms with Gasteiger partial charge in [-0.3, -0.25) is 9.10 Å². The zero-order valence-electron chi connectivity index (χ0n) is 17.6. The highest BCUT2D eigenvalue weighted by molar-refractivity contribution is 7.92. The fourth-order valence-electron chi connectivity index (χ4n) is 2.84. The quantitative estimate of drug-likeness (QED) is 0.380. The van der Waals surface area contributed by atoms with Gasteiger partial charge in [0.05, 0.1) is 22.4 Å². The molecular formula is C22H20F3N3O3S2. The molecule has 33 heavy (non-hydrogen) atoms. The molecule has 0 aliphatic carbocycles. The predicted molar refractivity (Wildman–Crippen MR) is 122 cm³/mol. The van der Waals surface area contributed by atoms with Crippen LogP contribution in [0.2, 0.25) is 0 Å². The topological polar surface area (TPSA) is 78.8 Å². The van der Waals surface area contributed by atoms with Gasteiger partial charge in [0, 0.05) is 4.88 Å². The molecule has 2 aromatic carbocycles. The Hall–Kier alpha value is -3.18. The summed E-state index contributed by atoms with van der Waals surface area (Å²) >= 11 is 1.41. The third-order valence-electron chi connectivity index (χ3n) is 4.63. The third kappa shape index (κ3) is 5.99. The molecule has 0 aliphatic heterocycles. The van der Waals surface area contributed by atoms with Crippen LogP contribution in [0.1, 0.15) is 21.6 Å². The second kappa shape index (κ2) is 9.75. The Morgan fingerprint density at radius 1 is 1.12 bits per heavy atom. The summed E-state index contributed by atoms with van der Waals surface area (Å²) in [5.41, 5.74) is 2.66. The van der Waals surface area contributed by atoms with Crippen molar-refractivity contribution in [2.75, 3.05) is 10.8 Å². The smallest absolute Gasteiger partial charge is 0.271 e. The van der Waals surface area contributed by atoms with E-state index < -0.39 is 34.2 Å². The molecule has 174 valence electrons. The molecule has 0 unspecified atom stereocenters. The summed E-state index contributed by atoms with van der Waals surface area (Å²) in [5.74, 6) is -0.812. The molecule has 3 rings (SSSR count). The number of benzene rings is 2. The van der Waals surface area contributed by atoms with Crippen molar-refractivity contribution in [2.24, 2.45) is 5.10 Å². The van der Waals surface area contributed by atoms with Gasteiger partial charge in [-0.2, -0.15) is 18.3 Å². The van der Waals surface area contributed by atoms with Crippen LogP contribution in [-0.4, -0.2) is 27.1 Å². The van der Waals surface area contributed by atoms with E-state index in [4.69, 9.17) is 0 Å². The van der Waals surface area contributed by atoms with Gasteiger partial charge in [0.1, 0.15) is 6.54 Å². The molecule has 0 saturated carbocycles. The second-order valence-corrected chi connectivity index (χ2v) is 9.94. The summed E-state index contributed by atoms with van der Waals surface area (Å²) in [4.78, 5) is 13.2. The van der Waals surface area contributed by atoms with Crippen molar-refractivity contribution in [1.82, 2.24) is 5.43 Å². The number of rotatable bonds is 7. The van der Waals surface area contributed by atoms with Crippen LogP contribution in [-0.2, 0) is 21.0 Å². The number of aryl methyl sites for hydroxylation is 2. The molecule has 0 radical (unpaired) electrons. The van der Waals surface area contributed by atoms with E-state index in [-0.39, 0.29) is 10.6 Å². The molecule has 0 atom stereocenters. The minimum atomic E-state index is -4.68. The number of anilines is 1. The molecule has 0 spiro atoms. The highest BCUT2D eigenvalue weighted by Crippen LogP contribution is 2.33. The van der Waals surface area contributed by atoms with Crippen molar-refractivity contribution in [2.45, 2.75) is 24.9 Å². The number of thiophene rings is 1. The van der Waals surface area contributed by atoms with E-state index in [9.17, 15) is 26.4 Å². The molecule has 1 heterocycles. The van der Waals surface area contributed by atoms with Gasteiger partial charge in [-0.05, 0) is 61.2 Å². The molecular weight excluding hydrogens is 475 g/mol. The summed E-state index contributed by atoms with van der Waals surface area (Å²) in [7, 11) is -4.35. The van der Waals surface area contributed by atoms with Crippen LogP contribution in [0.5, 0.6) is 0 Å². The molecule has 1 aromatic heterocycles. The number of hydrazone groups is 1. The van der Waals surface area contributed by atoms with Crippen molar-refractivity contribution in [3.63, 3.8) is 0 Å². The maximum atomic E-state index is 13.3. The number of sulfonamides is 1. The maximum Gasteiger partial charge on any atom is 0.416 e. The number of nitrogens with zero attached hydrogens (tertiary/aromatic N) is 2. The van der Waals surface area contributed by atoms with Crippen molar-refractivity contribution in [1.29, 1.82) is 0 Å². The van der Waals surface area contributed by atoms with E-state index in [1.165, 1.54) is 35.8 Å². The van der Waals surface area contributed by atoms with Crippen molar-refractivity contribution in [3.8, 4) is 0 Å². The largest absolute Gasteiger partial charge is 0.416 e. The normalized spacial score (nSPS) is 12.2. The average molecular weight is 496 g/mol. The Balaban J connectivity index is 1.93. The SMILES string of the molecule is Cc1ccc(S(=O)(=O)N(CC(=O)N/N=C/c2sccc2C)c2cccc(C(F)(F)F)c2)cc1. The molecule has 0 bridgehead atoms. The van der Waals surface area contributed by atoms with E-state index in [0.29, 0.717) is 10.4 Å². The molecule has 3 aromatic rings. The minimum Gasteiger partial charge on any atom is -0.271 e. The molecule has 1 N–H and O–H groups in total. The van der Waals surface area contributed by atoms with Gasteiger partial charge in [0.15, 0.2) is 0 Å². The van der Waals surface area contributed by atoms with Gasteiger partial charge in [-0.1, -0.05) is 23.8 Å². The lowest BCUT2D eigenvalue weighted by Crippen LogP contribution is -2.39. The molecule has 11 heteroatoms. The highest BCUT2D eigenvalue weighted by atomic mass is 32.2. The summed E-state index contributed by atoms with van der Waals surface area (Å²) in [6.07, 6.45) is -3.26. The highest BCUT2D eigenvalue weighted by Gasteiger charge is 2.33. The summed E-state index contributed by atoms with van der Waals surface area (Å²) < 4.78 is 66.9. The van der Waals surface area contributed by atoms with Crippen LogP contribution in [0.15, 0.2) is 70.0 Å². The lowest BCUT2D eigenvalue weighted by atomic mass is 10.2. The van der Waals surface area contributed by atoms with Gasteiger partial charge in [-0.25, -0.2) is 13.8 Å². The summed E-state index contributed by atoms with van der Waals surface area (Å²) in [6.45, 7) is 2.86. The number of amides is 1. The Morgan fingerprint density at radius 2 is 1.82 bits per heavy atom. The number of halogens is 3. The minimum absolute atomic E-state index is 0.156. The lowest BCUT2D eigenvalue weighted by Gasteiger charge is -2.24. The number of hydrogen-bond acceptors (Lipinski definition) is 5. The average Bonchev–Trinajstić information content (AvgIpc) is 3.16. The second-order valence-electron chi connectivity index (χ2n) is 7.13. The fourth-order valence-corrected chi connectivity index (χ4v) is 5.03. The van der Waals surface area contributed by atoms with Crippen molar-refractivity contribution < 1.29 is 26.4 Å². The van der Waals surface area contributed by atoms with Crippen LogP contribution in [0, 0.1) is 13.8 Å². The van der Waals surface area contributed by atoms with Gasteiger partial charge in [0.25, 0.3) is 15.9 Å². The van der Waals surface area contributed by atoms with Crippen LogP contribution in [0.25, 0.3) is 0 Å². The molecule has 1 amide bonds. The number of carbonyl (C=O) groups excluding carboxylic acids is 1. The van der Waals surface area contributed by atoms with E-state index in [1.807, 2.05) is 18.4 Å². The number of carbonyl (C=O) groups is 1. The van der Waals surface area contributed by atoms with Crippen molar-refractivity contribution in [3.05, 3.63) is 81.5 Å². The first-order chi connectivity index (χ1) is 15.5. The Labute approximate surface area is 193 Å². The first-order valence-corrected chi connectivity index (χ1v) is 11.9. The maximum absolute atomic E-state index is 13.3. The Kier molecular flexibility index (Phi) is 7.23. The van der Waals surface area contributed by atoms with Gasteiger partial charge >= 0.3 is 6.18 Å². The van der Waals surface area contributed by atoms with Gasteiger partial charge in [-0.15, -0.1) is 11.3 Å². The van der Waals surface area contributed by atoms with Crippen LogP contribution in [0.3, 0.4) is 0 Å². The fraction of sp³-hybridized carbons (Fsp3) is 0.182. The summed E-state index contributed by atoms with van der Waals surface area (Å²) in [6, 6.07) is 11.5. The van der Waals surface area contributed by atoms with Gasteiger partial charge in [0.2, 0.25) is 0 Å². The van der Waals surface area contributed by atoms with Crippen molar-refractivity contribution >= 4 is 39.2 Å². The van der Waals surface area contributed by atoms with Gasteiger partial charge < -0.3 is 0 Å². The molecule has 0 aliphatic rings. The first-order valence-electron chi connectivity index (χ1n) is 9.61. The lowest BCUT2D eigenvalue weighted by molar-refractivity contribution is -0.137. The zero-order chi connectivity index (χ0) is 24.2. The third-order valence-corrected chi connectivity index (χ3v) is 7.37. The standard InChI is InChI=1S/C22H20F3N3O3S2/c1-15-6-8-19(9-7-15)33(30,31)28(18-5-3-4-17(12-18)22(23,24)25)14-21(29)27-26-13-20-16(2)10-11-32-20/h3-13H,14H2,1-2H3,(H,27,29)/b26-13+. The summed E-state index contributed by atoms with van der Waals surface area (Å²) in [5, 5.41) is 5.68. The molecule has 0 fully saturated rings. The molecule has 0 saturated heterocycles. The number of hydrogen-bond donors (Lipinski definition) is 1. The Bertz CT molecular complexity index is 1270. The van der Waals surface area contributed by atoms with E-state index in [1.54, 1.807) is 19.1 Å². The van der Waals surface area contributed by atoms with E-state index in [2.05, 4.69) is 10.5 Å². The monoisotopic (exact) mass is 495 g/mol. The van der Waals surface area contributed by atoms with Crippen LogP contribution in [0.4, 0.5) is 18.9 Å².